The summed E-state index contributed by atoms with van der Waals surface area (Å²) in [5, 5.41) is 0. The lowest BCUT2D eigenvalue weighted by Crippen LogP contribution is -2.37. The van der Waals surface area contributed by atoms with Crippen LogP contribution in [0.5, 0.6) is 0 Å². The van der Waals surface area contributed by atoms with Crippen LogP contribution in [0.15, 0.2) is 0 Å². The SMILES string of the molecule is CCCCCCCCCCCCCCCCCCCCCCC(=O)OC[C@H](COP(=O)(O)OCC[N+](C)(C)C)OC(=O)CCCCCCCCCCC. The Morgan fingerprint density at radius 3 is 1.21 bits per heavy atom. The first-order valence-corrected chi connectivity index (χ1v) is 23.8. The standard InChI is InChI=1S/C43H86NO8P/c1-6-8-10-12-14-16-17-18-19-20-21-22-23-24-25-26-28-29-31-33-35-42(45)49-39-41(40-51-53(47,48)50-38-37-44(3,4)5)52-43(46)36-34-32-30-27-15-13-11-9-7-2/h41H,6-40H2,1-5H3/p+1/t41-/m1/s1. The maximum Gasteiger partial charge on any atom is 0.472 e. The van der Waals surface area contributed by atoms with Crippen LogP contribution in [0.25, 0.3) is 0 Å². The van der Waals surface area contributed by atoms with Gasteiger partial charge in [-0.2, -0.15) is 0 Å². The first-order valence-electron chi connectivity index (χ1n) is 22.3. The highest BCUT2D eigenvalue weighted by molar-refractivity contribution is 7.47. The summed E-state index contributed by atoms with van der Waals surface area (Å²) in [5.74, 6) is -0.788. The van der Waals surface area contributed by atoms with Crippen LogP contribution in [0.4, 0.5) is 0 Å². The zero-order chi connectivity index (χ0) is 39.3. The largest absolute Gasteiger partial charge is 0.472 e. The highest BCUT2D eigenvalue weighted by atomic mass is 31.2. The molecule has 53 heavy (non-hydrogen) atoms. The lowest BCUT2D eigenvalue weighted by Gasteiger charge is -2.24. The highest BCUT2D eigenvalue weighted by Gasteiger charge is 2.27. The normalized spacial score (nSPS) is 13.5. The minimum Gasteiger partial charge on any atom is -0.462 e. The Labute approximate surface area is 327 Å². The maximum atomic E-state index is 12.6. The van der Waals surface area contributed by atoms with Crippen molar-refractivity contribution in [2.24, 2.45) is 0 Å². The molecule has 2 atom stereocenters. The molecular formula is C43H87NO8P+. The molecule has 0 heterocycles. The van der Waals surface area contributed by atoms with Crippen LogP contribution in [-0.2, 0) is 32.7 Å². The van der Waals surface area contributed by atoms with Gasteiger partial charge in [-0.1, -0.05) is 187 Å². The van der Waals surface area contributed by atoms with Crippen LogP contribution < -0.4 is 0 Å². The van der Waals surface area contributed by atoms with Crippen LogP contribution in [-0.4, -0.2) is 74.9 Å². The van der Waals surface area contributed by atoms with Gasteiger partial charge in [0.25, 0.3) is 0 Å². The van der Waals surface area contributed by atoms with E-state index < -0.39 is 26.5 Å². The summed E-state index contributed by atoms with van der Waals surface area (Å²) in [6.07, 6.45) is 35.9. The number of hydrogen-bond acceptors (Lipinski definition) is 7. The van der Waals surface area contributed by atoms with Crippen molar-refractivity contribution in [2.75, 3.05) is 47.5 Å². The van der Waals surface area contributed by atoms with E-state index in [0.29, 0.717) is 23.9 Å². The fraction of sp³-hybridized carbons (Fsp3) is 0.953. The lowest BCUT2D eigenvalue weighted by atomic mass is 10.0. The summed E-state index contributed by atoms with van der Waals surface area (Å²) >= 11 is 0. The monoisotopic (exact) mass is 777 g/mol. The third-order valence-electron chi connectivity index (χ3n) is 9.89. The van der Waals surface area contributed by atoms with E-state index in [1.54, 1.807) is 0 Å². The first kappa shape index (κ1) is 52.0. The van der Waals surface area contributed by atoms with Crippen molar-refractivity contribution in [2.45, 2.75) is 219 Å². The van der Waals surface area contributed by atoms with Gasteiger partial charge in [-0.25, -0.2) is 4.57 Å². The van der Waals surface area contributed by atoms with E-state index in [0.717, 1.165) is 32.1 Å². The number of unbranched alkanes of at least 4 members (excludes halogenated alkanes) is 27. The molecular weight excluding hydrogens is 689 g/mol. The Morgan fingerprint density at radius 2 is 0.849 bits per heavy atom. The summed E-state index contributed by atoms with van der Waals surface area (Å²) in [6.45, 7) is 4.43. The van der Waals surface area contributed by atoms with E-state index in [4.69, 9.17) is 18.5 Å². The van der Waals surface area contributed by atoms with Gasteiger partial charge >= 0.3 is 19.8 Å². The molecule has 0 aliphatic heterocycles. The number of esters is 2. The Balaban J connectivity index is 4.17. The topological polar surface area (TPSA) is 108 Å². The minimum absolute atomic E-state index is 0.0365. The van der Waals surface area contributed by atoms with Crippen molar-refractivity contribution in [3.8, 4) is 0 Å². The Hall–Kier alpha value is -0.990. The number of carbonyl (C=O) groups is 2. The molecule has 0 aromatic rings. The number of hydrogen-bond donors (Lipinski definition) is 1. The molecule has 0 aliphatic rings. The molecule has 0 fully saturated rings. The predicted molar refractivity (Wildman–Crippen MR) is 220 cm³/mol. The Bertz CT molecular complexity index is 881. The van der Waals surface area contributed by atoms with Crippen molar-refractivity contribution in [1.29, 1.82) is 0 Å². The van der Waals surface area contributed by atoms with Crippen molar-refractivity contribution < 1.29 is 42.1 Å². The second kappa shape index (κ2) is 36.6. The summed E-state index contributed by atoms with van der Waals surface area (Å²) in [6, 6.07) is 0. The third-order valence-corrected chi connectivity index (χ3v) is 10.9. The minimum atomic E-state index is -4.36. The van der Waals surface area contributed by atoms with Crippen molar-refractivity contribution >= 4 is 19.8 Å². The second-order valence-corrected chi connectivity index (χ2v) is 17.9. The first-order chi connectivity index (χ1) is 25.5. The van der Waals surface area contributed by atoms with Gasteiger partial charge in [0.2, 0.25) is 0 Å². The smallest absolute Gasteiger partial charge is 0.462 e. The molecule has 0 saturated carbocycles. The lowest BCUT2D eigenvalue weighted by molar-refractivity contribution is -0.870. The summed E-state index contributed by atoms with van der Waals surface area (Å²) in [4.78, 5) is 35.2. The molecule has 0 radical (unpaired) electrons. The number of carbonyl (C=O) groups excluding carboxylic acids is 2. The molecule has 10 heteroatoms. The fourth-order valence-electron chi connectivity index (χ4n) is 6.37. The molecule has 1 N–H and O–H groups in total. The number of phosphoric acid groups is 1. The molecule has 0 amide bonds. The number of phosphoric ester groups is 1. The molecule has 0 saturated heterocycles. The number of ether oxygens (including phenoxy) is 2. The summed E-state index contributed by atoms with van der Waals surface area (Å²) < 4.78 is 34.2. The number of quaternary nitrogens is 1. The predicted octanol–water partition coefficient (Wildman–Crippen LogP) is 12.4. The zero-order valence-electron chi connectivity index (χ0n) is 35.5. The Morgan fingerprint density at radius 1 is 0.509 bits per heavy atom. The van der Waals surface area contributed by atoms with Crippen LogP contribution in [0.2, 0.25) is 0 Å². The molecule has 0 rings (SSSR count). The molecule has 0 spiro atoms. The van der Waals surface area contributed by atoms with Crippen LogP contribution >= 0.6 is 7.82 Å². The van der Waals surface area contributed by atoms with Gasteiger partial charge in [0.15, 0.2) is 6.10 Å². The van der Waals surface area contributed by atoms with Gasteiger partial charge in [-0.05, 0) is 12.8 Å². The molecule has 316 valence electrons. The van der Waals surface area contributed by atoms with Gasteiger partial charge in [0.05, 0.1) is 27.7 Å². The number of rotatable bonds is 41. The molecule has 0 bridgehead atoms. The maximum absolute atomic E-state index is 12.6. The van der Waals surface area contributed by atoms with Gasteiger partial charge in [-0.3, -0.25) is 18.6 Å². The highest BCUT2D eigenvalue weighted by Crippen LogP contribution is 2.43. The molecule has 0 aromatic carbocycles. The van der Waals surface area contributed by atoms with Crippen LogP contribution in [0.3, 0.4) is 0 Å². The fourth-order valence-corrected chi connectivity index (χ4v) is 7.11. The molecule has 1 unspecified atom stereocenters. The van der Waals surface area contributed by atoms with E-state index in [2.05, 4.69) is 13.8 Å². The average molecular weight is 777 g/mol. The van der Waals surface area contributed by atoms with Gasteiger partial charge in [0, 0.05) is 12.8 Å². The zero-order valence-corrected chi connectivity index (χ0v) is 36.4. The van der Waals surface area contributed by atoms with Crippen LogP contribution in [0.1, 0.15) is 213 Å². The van der Waals surface area contributed by atoms with E-state index >= 15 is 0 Å². The van der Waals surface area contributed by atoms with Gasteiger partial charge in [0.1, 0.15) is 19.8 Å². The number of nitrogens with zero attached hydrogens (tertiary/aromatic N) is 1. The number of likely N-dealkylation sites (N-methyl/N-ethyl adjacent to an activating group) is 1. The van der Waals surface area contributed by atoms with Gasteiger partial charge in [-0.15, -0.1) is 0 Å². The second-order valence-electron chi connectivity index (χ2n) is 16.5. The molecule has 0 aromatic heterocycles. The summed E-state index contributed by atoms with van der Waals surface area (Å²) in [7, 11) is 1.49. The average Bonchev–Trinajstić information content (AvgIpc) is 3.10. The molecule has 0 aliphatic carbocycles. The quantitative estimate of drug-likeness (QED) is 0.0283. The Kier molecular flexibility index (Phi) is 36.0. The van der Waals surface area contributed by atoms with Crippen LogP contribution in [0, 0.1) is 0 Å². The van der Waals surface area contributed by atoms with E-state index in [9.17, 15) is 19.0 Å². The van der Waals surface area contributed by atoms with Crippen molar-refractivity contribution in [3.63, 3.8) is 0 Å². The van der Waals surface area contributed by atoms with E-state index in [-0.39, 0.29) is 25.6 Å². The van der Waals surface area contributed by atoms with E-state index in [1.807, 2.05) is 21.1 Å². The van der Waals surface area contributed by atoms with Gasteiger partial charge < -0.3 is 18.9 Å². The third kappa shape index (κ3) is 40.5. The van der Waals surface area contributed by atoms with Crippen molar-refractivity contribution in [1.82, 2.24) is 0 Å². The molecule has 9 nitrogen and oxygen atoms in total. The van der Waals surface area contributed by atoms with Crippen molar-refractivity contribution in [3.05, 3.63) is 0 Å². The van der Waals surface area contributed by atoms with E-state index in [1.165, 1.54) is 148 Å². The summed E-state index contributed by atoms with van der Waals surface area (Å²) in [5.41, 5.74) is 0.